The number of benzene rings is 1. The van der Waals surface area contributed by atoms with Gasteiger partial charge in [-0.25, -0.2) is 4.79 Å². The van der Waals surface area contributed by atoms with Gasteiger partial charge in [-0.1, -0.05) is 76.3 Å². The number of nitrogens with zero attached hydrogens (tertiary/aromatic N) is 2. The molecule has 0 heterocycles. The fraction of sp³-hybridized carbons (Fsp3) is 0.706. The molecule has 2 unspecified atom stereocenters. The first-order valence-electron chi connectivity index (χ1n) is 16.1. The topological polar surface area (TPSA) is 135 Å². The third-order valence-electron chi connectivity index (χ3n) is 8.25. The highest BCUT2D eigenvalue weighted by molar-refractivity contribution is 5.82. The molecule has 44 heavy (non-hydrogen) atoms. The van der Waals surface area contributed by atoms with Crippen LogP contribution in [0.25, 0.3) is 0 Å². The van der Waals surface area contributed by atoms with Crippen LogP contribution in [0.2, 0.25) is 0 Å². The third kappa shape index (κ3) is 13.5. The third-order valence-corrected chi connectivity index (χ3v) is 8.25. The molecule has 10 nitrogen and oxygen atoms in total. The Morgan fingerprint density at radius 1 is 1.05 bits per heavy atom. The van der Waals surface area contributed by atoms with E-state index in [-0.39, 0.29) is 18.8 Å². The summed E-state index contributed by atoms with van der Waals surface area (Å²) < 4.78 is 5.76. The summed E-state index contributed by atoms with van der Waals surface area (Å²) in [4.78, 5) is 30.0. The largest absolute Gasteiger partial charge is 0.442 e. The lowest BCUT2D eigenvalue weighted by molar-refractivity contribution is -0.127. The number of rotatable bonds is 18. The van der Waals surface area contributed by atoms with Crippen LogP contribution in [-0.4, -0.2) is 108 Å². The number of aliphatic hydroxyl groups is 3. The van der Waals surface area contributed by atoms with E-state index in [2.05, 4.69) is 16.6 Å². The normalized spacial score (nSPS) is 18.1. The highest BCUT2D eigenvalue weighted by Crippen LogP contribution is 2.29. The summed E-state index contributed by atoms with van der Waals surface area (Å²) in [7, 11) is 5.45. The summed E-state index contributed by atoms with van der Waals surface area (Å²) in [5, 5.41) is 39.0. The van der Waals surface area contributed by atoms with E-state index in [1.165, 1.54) is 11.3 Å². The number of hydrogen-bond acceptors (Lipinski definition) is 8. The lowest BCUT2D eigenvalue weighted by Crippen LogP contribution is -2.57. The molecule has 0 radical (unpaired) electrons. The van der Waals surface area contributed by atoms with Gasteiger partial charge >= 0.3 is 6.09 Å². The first kappa shape index (κ1) is 37.5. The fourth-order valence-electron chi connectivity index (χ4n) is 5.62. The number of aliphatic hydroxyl groups excluding tert-OH is 3. The standard InChI is InChI=1S/C34H56N4O6/c1-7-14-27(32(41)36-28(22-25-15-10-8-11-16-25)31(40)29(39)21-24(2)3)35-33(42)30(23-26-17-12-9-13-18-26)44-34(43)38(6)20-19-37(4)5/h1,9,12-13,17-18,24-25,27-31,33,35,39-40,42H,8,10-11,14-16,19-23H2,2-6H3,(H,36,41)/t27-,28-,29-,30?,31+,33?/m0/s1. The maximum absolute atomic E-state index is 13.6. The summed E-state index contributed by atoms with van der Waals surface area (Å²) in [5.74, 6) is 2.50. The zero-order valence-corrected chi connectivity index (χ0v) is 27.3. The smallest absolute Gasteiger partial charge is 0.409 e. The number of hydrogen-bond donors (Lipinski definition) is 5. The SMILES string of the molecule is C#CC[C@H](NC(O)C(Cc1ccccc1)OC(=O)N(C)CCN(C)C)C(=O)N[C@@H](CC1CCCCC1)[C@@H](O)[C@@H](O)CC(C)C. The van der Waals surface area contributed by atoms with Crippen LogP contribution in [0.15, 0.2) is 30.3 Å². The molecule has 5 N–H and O–H groups in total. The summed E-state index contributed by atoms with van der Waals surface area (Å²) in [6, 6.07) is 7.62. The van der Waals surface area contributed by atoms with E-state index in [4.69, 9.17) is 11.2 Å². The molecule has 0 aromatic heterocycles. The van der Waals surface area contributed by atoms with Crippen molar-refractivity contribution in [1.29, 1.82) is 0 Å². The second kappa shape index (κ2) is 19.7. The molecular formula is C34H56N4O6. The Morgan fingerprint density at radius 2 is 1.70 bits per heavy atom. The minimum Gasteiger partial charge on any atom is -0.442 e. The molecule has 0 saturated heterocycles. The van der Waals surface area contributed by atoms with Gasteiger partial charge in [0.25, 0.3) is 0 Å². The number of ether oxygens (including phenoxy) is 1. The molecule has 1 aliphatic rings. The van der Waals surface area contributed by atoms with E-state index >= 15 is 0 Å². The van der Waals surface area contributed by atoms with Crippen LogP contribution in [0.4, 0.5) is 4.79 Å². The molecule has 1 aliphatic carbocycles. The van der Waals surface area contributed by atoms with Gasteiger partial charge < -0.3 is 35.2 Å². The van der Waals surface area contributed by atoms with Crippen molar-refractivity contribution in [3.05, 3.63) is 35.9 Å². The van der Waals surface area contributed by atoms with Crippen molar-refractivity contribution in [2.45, 2.75) is 108 Å². The predicted octanol–water partition coefficient (Wildman–Crippen LogP) is 2.75. The quantitative estimate of drug-likeness (QED) is 0.126. The lowest BCUT2D eigenvalue weighted by Gasteiger charge is -2.34. The molecule has 1 aromatic rings. The van der Waals surface area contributed by atoms with Crippen molar-refractivity contribution in [2.75, 3.05) is 34.2 Å². The van der Waals surface area contributed by atoms with Gasteiger partial charge in [0.05, 0.1) is 18.2 Å². The first-order chi connectivity index (χ1) is 20.9. The summed E-state index contributed by atoms with van der Waals surface area (Å²) in [6.45, 7) is 5.01. The highest BCUT2D eigenvalue weighted by Gasteiger charge is 2.34. The lowest BCUT2D eigenvalue weighted by atomic mass is 9.82. The van der Waals surface area contributed by atoms with Gasteiger partial charge in [-0.2, -0.15) is 0 Å². The molecule has 1 aromatic carbocycles. The van der Waals surface area contributed by atoms with Crippen molar-refractivity contribution in [1.82, 2.24) is 20.4 Å². The maximum Gasteiger partial charge on any atom is 0.409 e. The number of amides is 2. The van der Waals surface area contributed by atoms with Crippen LogP contribution < -0.4 is 10.6 Å². The molecule has 10 heteroatoms. The Labute approximate surface area is 264 Å². The Bertz CT molecular complexity index is 1010. The molecule has 2 amide bonds. The molecule has 1 fully saturated rings. The van der Waals surface area contributed by atoms with E-state index in [0.29, 0.717) is 31.8 Å². The Kier molecular flexibility index (Phi) is 16.8. The maximum atomic E-state index is 13.6. The Balaban J connectivity index is 2.21. The Hall–Kier alpha value is -2.68. The van der Waals surface area contributed by atoms with Crippen LogP contribution in [0.3, 0.4) is 0 Å². The highest BCUT2D eigenvalue weighted by atomic mass is 16.6. The minimum atomic E-state index is -1.42. The average Bonchev–Trinajstić information content (AvgIpc) is 2.99. The molecule has 0 aliphatic heterocycles. The number of carbonyl (C=O) groups excluding carboxylic acids is 2. The number of nitrogens with one attached hydrogen (secondary N) is 2. The van der Waals surface area contributed by atoms with Gasteiger partial charge in [0.1, 0.15) is 18.4 Å². The molecule has 2 rings (SSSR count). The van der Waals surface area contributed by atoms with E-state index in [1.54, 1.807) is 7.05 Å². The molecule has 0 bridgehead atoms. The van der Waals surface area contributed by atoms with E-state index < -0.39 is 48.6 Å². The molecule has 1 saturated carbocycles. The van der Waals surface area contributed by atoms with Gasteiger partial charge in [0.15, 0.2) is 0 Å². The van der Waals surface area contributed by atoms with Crippen LogP contribution in [-0.2, 0) is 16.0 Å². The minimum absolute atomic E-state index is 0.0432. The van der Waals surface area contributed by atoms with Crippen molar-refractivity contribution < 1.29 is 29.6 Å². The van der Waals surface area contributed by atoms with Gasteiger partial charge in [0, 0.05) is 33.0 Å². The molecule has 0 spiro atoms. The monoisotopic (exact) mass is 616 g/mol. The molecule has 248 valence electrons. The first-order valence-corrected chi connectivity index (χ1v) is 16.1. The van der Waals surface area contributed by atoms with E-state index in [0.717, 1.165) is 31.2 Å². The van der Waals surface area contributed by atoms with Crippen LogP contribution in [0.5, 0.6) is 0 Å². The summed E-state index contributed by atoms with van der Waals surface area (Å²) in [6.07, 6.45) is 6.98. The van der Waals surface area contributed by atoms with Crippen LogP contribution in [0, 0.1) is 24.2 Å². The number of carbonyl (C=O) groups is 2. The zero-order chi connectivity index (χ0) is 32.6. The van der Waals surface area contributed by atoms with Gasteiger partial charge in [0.2, 0.25) is 5.91 Å². The van der Waals surface area contributed by atoms with Gasteiger partial charge in [-0.3, -0.25) is 10.1 Å². The molecule has 6 atom stereocenters. The second-order valence-corrected chi connectivity index (χ2v) is 13.0. The summed E-state index contributed by atoms with van der Waals surface area (Å²) >= 11 is 0. The summed E-state index contributed by atoms with van der Waals surface area (Å²) in [5.41, 5.74) is 0.842. The van der Waals surface area contributed by atoms with Gasteiger partial charge in [-0.05, 0) is 44.3 Å². The predicted molar refractivity (Wildman–Crippen MR) is 173 cm³/mol. The van der Waals surface area contributed by atoms with Gasteiger partial charge in [-0.15, -0.1) is 12.3 Å². The average molecular weight is 617 g/mol. The van der Waals surface area contributed by atoms with Crippen molar-refractivity contribution in [3.8, 4) is 12.3 Å². The van der Waals surface area contributed by atoms with Crippen molar-refractivity contribution >= 4 is 12.0 Å². The fourth-order valence-corrected chi connectivity index (χ4v) is 5.62. The van der Waals surface area contributed by atoms with E-state index in [9.17, 15) is 24.9 Å². The van der Waals surface area contributed by atoms with Crippen LogP contribution >= 0.6 is 0 Å². The van der Waals surface area contributed by atoms with Crippen molar-refractivity contribution in [3.63, 3.8) is 0 Å². The zero-order valence-electron chi connectivity index (χ0n) is 27.3. The molecular weight excluding hydrogens is 560 g/mol. The number of terminal acetylenes is 1. The van der Waals surface area contributed by atoms with Crippen LogP contribution in [0.1, 0.15) is 70.8 Å². The van der Waals surface area contributed by atoms with E-state index in [1.807, 2.05) is 63.2 Å². The van der Waals surface area contributed by atoms with Crippen molar-refractivity contribution in [2.24, 2.45) is 11.8 Å². The second-order valence-electron chi connectivity index (χ2n) is 13.0. The Morgan fingerprint density at radius 3 is 2.30 bits per heavy atom. The number of likely N-dealkylation sites (N-methyl/N-ethyl adjacent to an activating group) is 2.